The van der Waals surface area contributed by atoms with E-state index < -0.39 is 17.2 Å². The van der Waals surface area contributed by atoms with Crippen molar-refractivity contribution in [1.82, 2.24) is 9.88 Å². The monoisotopic (exact) mass is 439 g/mol. The number of rotatable bonds is 7. The molecule has 9 nitrogen and oxygen atoms in total. The summed E-state index contributed by atoms with van der Waals surface area (Å²) in [5, 5.41) is 9.35. The van der Waals surface area contributed by atoms with E-state index in [1.54, 1.807) is 4.90 Å². The van der Waals surface area contributed by atoms with E-state index in [-0.39, 0.29) is 35.9 Å². The van der Waals surface area contributed by atoms with Crippen molar-refractivity contribution in [2.45, 2.75) is 19.4 Å². The van der Waals surface area contributed by atoms with E-state index in [9.17, 15) is 23.5 Å². The predicted molar refractivity (Wildman–Crippen MR) is 108 cm³/mol. The lowest BCUT2D eigenvalue weighted by atomic mass is 9.97. The fourth-order valence-electron chi connectivity index (χ4n) is 3.12. The Bertz CT molecular complexity index is 867. The van der Waals surface area contributed by atoms with Gasteiger partial charge in [0.2, 0.25) is 0 Å². The van der Waals surface area contributed by atoms with E-state index in [0.717, 1.165) is 21.2 Å². The van der Waals surface area contributed by atoms with Crippen LogP contribution in [0.2, 0.25) is 0 Å². The third-order valence-electron chi connectivity index (χ3n) is 4.67. The van der Waals surface area contributed by atoms with Crippen LogP contribution in [0.25, 0.3) is 0 Å². The Balaban J connectivity index is 1.52. The van der Waals surface area contributed by atoms with Gasteiger partial charge in [0.1, 0.15) is 11.6 Å². The van der Waals surface area contributed by atoms with Crippen molar-refractivity contribution in [3.05, 3.63) is 47.1 Å². The van der Waals surface area contributed by atoms with Crippen molar-refractivity contribution in [1.29, 1.82) is 0 Å². The summed E-state index contributed by atoms with van der Waals surface area (Å²) >= 11 is -1.36. The van der Waals surface area contributed by atoms with Gasteiger partial charge < -0.3 is 14.7 Å². The third-order valence-corrected chi connectivity index (χ3v) is 6.34. The number of piperidine rings is 1. The maximum Gasteiger partial charge on any atom is 0.410 e. The second-order valence-electron chi connectivity index (χ2n) is 6.57. The number of anilines is 1. The molecule has 0 saturated carbocycles. The molecule has 2 N–H and O–H groups in total. The minimum atomic E-state index is -2.37. The first-order valence-corrected chi connectivity index (χ1v) is 10.9. The fourth-order valence-corrected chi connectivity index (χ4v) is 4.71. The zero-order chi connectivity index (χ0) is 20.8. The Morgan fingerprint density at radius 2 is 1.97 bits per heavy atom. The van der Waals surface area contributed by atoms with Gasteiger partial charge in [-0.15, -0.1) is 11.3 Å². The number of aromatic nitrogens is 1. The molecule has 3 rings (SSSR count). The number of aromatic carboxylic acids is 1. The molecule has 1 aliphatic heterocycles. The molecule has 0 radical (unpaired) electrons. The number of carbonyl (C=O) groups is 2. The van der Waals surface area contributed by atoms with Crippen molar-refractivity contribution >= 4 is 39.7 Å². The van der Waals surface area contributed by atoms with Crippen LogP contribution in [0.4, 0.5) is 9.80 Å². The number of nitrogens with zero attached hydrogens (tertiary/aromatic N) is 3. The minimum Gasteiger partial charge on any atom is -0.476 e. The largest absolute Gasteiger partial charge is 0.476 e. The number of hydrogen-bond acceptors (Lipinski definition) is 6. The van der Waals surface area contributed by atoms with Gasteiger partial charge in [-0.05, 0) is 24.3 Å². The zero-order valence-electron chi connectivity index (χ0n) is 15.5. The zero-order valence-corrected chi connectivity index (χ0v) is 17.1. The summed E-state index contributed by atoms with van der Waals surface area (Å²) < 4.78 is 27.9. The molecular formula is C18H21N3O6S2. The van der Waals surface area contributed by atoms with Crippen LogP contribution in [-0.2, 0) is 22.6 Å². The molecule has 1 aromatic heterocycles. The average molecular weight is 440 g/mol. The van der Waals surface area contributed by atoms with Gasteiger partial charge in [0.05, 0.1) is 5.51 Å². The van der Waals surface area contributed by atoms with E-state index in [2.05, 4.69) is 4.98 Å². The van der Waals surface area contributed by atoms with Crippen LogP contribution in [0.15, 0.2) is 35.8 Å². The Labute approximate surface area is 174 Å². The van der Waals surface area contributed by atoms with Crippen LogP contribution in [-0.4, -0.2) is 55.4 Å². The number of carbonyl (C=O) groups excluding carboxylic acids is 1. The summed E-state index contributed by atoms with van der Waals surface area (Å²) in [4.78, 5) is 28.9. The first-order chi connectivity index (χ1) is 14.0. The molecule has 29 heavy (non-hydrogen) atoms. The van der Waals surface area contributed by atoms with Crippen molar-refractivity contribution in [2.24, 2.45) is 5.92 Å². The number of thiazole rings is 1. The molecule has 1 unspecified atom stereocenters. The van der Waals surface area contributed by atoms with Gasteiger partial charge in [-0.25, -0.2) is 18.8 Å². The number of likely N-dealkylation sites (tertiary alicyclic amines) is 1. The maximum atomic E-state index is 12.2. The highest BCUT2D eigenvalue weighted by Gasteiger charge is 2.29. The first-order valence-electron chi connectivity index (χ1n) is 8.96. The second kappa shape index (κ2) is 9.81. The highest BCUT2D eigenvalue weighted by molar-refractivity contribution is 7.81. The van der Waals surface area contributed by atoms with Gasteiger partial charge in [0, 0.05) is 19.6 Å². The SMILES string of the molecule is O=C(O)c1ncsc1N(CC1CCN(C(=O)OCc2ccccc2)CC1)S(=O)O. The molecule has 1 amide bonds. The van der Waals surface area contributed by atoms with E-state index in [1.165, 1.54) is 5.51 Å². The quantitative estimate of drug-likeness (QED) is 0.637. The van der Waals surface area contributed by atoms with Gasteiger partial charge in [-0.1, -0.05) is 30.3 Å². The molecule has 156 valence electrons. The average Bonchev–Trinajstić information content (AvgIpc) is 3.21. The van der Waals surface area contributed by atoms with Crippen LogP contribution in [0.5, 0.6) is 0 Å². The lowest BCUT2D eigenvalue weighted by Crippen LogP contribution is -2.42. The third kappa shape index (κ3) is 5.52. The molecule has 1 atom stereocenters. The molecule has 0 bridgehead atoms. The highest BCUT2D eigenvalue weighted by atomic mass is 32.2. The van der Waals surface area contributed by atoms with E-state index >= 15 is 0 Å². The Morgan fingerprint density at radius 3 is 2.59 bits per heavy atom. The Hall–Kier alpha value is -2.50. The number of amides is 1. The smallest absolute Gasteiger partial charge is 0.410 e. The fraction of sp³-hybridized carbons (Fsp3) is 0.389. The van der Waals surface area contributed by atoms with Gasteiger partial charge in [0.25, 0.3) is 11.3 Å². The summed E-state index contributed by atoms with van der Waals surface area (Å²) in [5.41, 5.74) is 2.01. The van der Waals surface area contributed by atoms with Crippen molar-refractivity contribution < 1.29 is 28.2 Å². The normalized spacial score (nSPS) is 15.7. The van der Waals surface area contributed by atoms with E-state index in [1.807, 2.05) is 30.3 Å². The number of benzene rings is 1. The Morgan fingerprint density at radius 1 is 1.28 bits per heavy atom. The number of ether oxygens (including phenoxy) is 1. The summed E-state index contributed by atoms with van der Waals surface area (Å²) in [6.45, 7) is 1.36. The Kier molecular flexibility index (Phi) is 7.18. The highest BCUT2D eigenvalue weighted by Crippen LogP contribution is 2.29. The maximum absolute atomic E-state index is 12.2. The molecule has 0 aliphatic carbocycles. The van der Waals surface area contributed by atoms with Crippen molar-refractivity contribution in [2.75, 3.05) is 23.9 Å². The summed E-state index contributed by atoms with van der Waals surface area (Å²) in [6, 6.07) is 9.42. The minimum absolute atomic E-state index is 0.0352. The number of hydrogen-bond donors (Lipinski definition) is 2. The topological polar surface area (TPSA) is 120 Å². The molecule has 1 fully saturated rings. The molecule has 1 aromatic carbocycles. The predicted octanol–water partition coefficient (Wildman–Crippen LogP) is 2.83. The lowest BCUT2D eigenvalue weighted by Gasteiger charge is -2.33. The molecule has 1 saturated heterocycles. The van der Waals surface area contributed by atoms with Crippen LogP contribution in [0, 0.1) is 5.92 Å². The van der Waals surface area contributed by atoms with Gasteiger partial charge in [-0.2, -0.15) is 0 Å². The molecule has 0 spiro atoms. The molecule has 1 aliphatic rings. The molecule has 2 aromatic rings. The van der Waals surface area contributed by atoms with Crippen LogP contribution >= 0.6 is 11.3 Å². The molecule has 11 heteroatoms. The van der Waals surface area contributed by atoms with Crippen LogP contribution in [0.1, 0.15) is 28.9 Å². The van der Waals surface area contributed by atoms with Gasteiger partial charge >= 0.3 is 12.1 Å². The second-order valence-corrected chi connectivity index (χ2v) is 8.31. The number of carboxylic acid groups (broad SMARTS) is 1. The summed E-state index contributed by atoms with van der Waals surface area (Å²) in [5.74, 6) is -1.21. The first kappa shape index (κ1) is 21.2. The summed E-state index contributed by atoms with van der Waals surface area (Å²) in [7, 11) is 0. The van der Waals surface area contributed by atoms with E-state index in [0.29, 0.717) is 25.9 Å². The van der Waals surface area contributed by atoms with Gasteiger partial charge in [0.15, 0.2) is 5.69 Å². The standard InChI is InChI=1S/C18H21N3O6S2/c22-17(23)15-16(28-12-19-15)21(29(25)26)10-13-6-8-20(9-7-13)18(24)27-11-14-4-2-1-3-5-14/h1-5,12-13H,6-11H2,(H,22,23)(H,25,26). The van der Waals surface area contributed by atoms with Crippen molar-refractivity contribution in [3.63, 3.8) is 0 Å². The summed E-state index contributed by atoms with van der Waals surface area (Å²) in [6.07, 6.45) is 0.857. The van der Waals surface area contributed by atoms with Crippen LogP contribution < -0.4 is 4.31 Å². The van der Waals surface area contributed by atoms with Gasteiger partial charge in [-0.3, -0.25) is 8.86 Å². The number of carboxylic acids is 1. The van der Waals surface area contributed by atoms with Crippen molar-refractivity contribution in [3.8, 4) is 0 Å². The lowest BCUT2D eigenvalue weighted by molar-refractivity contribution is 0.0691. The molecular weight excluding hydrogens is 418 g/mol. The van der Waals surface area contributed by atoms with E-state index in [4.69, 9.17) is 4.74 Å². The molecule has 2 heterocycles. The van der Waals surface area contributed by atoms with Crippen LogP contribution in [0.3, 0.4) is 0 Å².